The van der Waals surface area contributed by atoms with Gasteiger partial charge in [0.25, 0.3) is 10.0 Å². The molecule has 0 fully saturated rings. The van der Waals surface area contributed by atoms with Crippen LogP contribution in [0.25, 0.3) is 10.9 Å². The number of hydrogen-bond donors (Lipinski definition) is 4. The summed E-state index contributed by atoms with van der Waals surface area (Å²) >= 11 is 0. The minimum atomic E-state index is -3.87. The summed E-state index contributed by atoms with van der Waals surface area (Å²) < 4.78 is 46.3. The molecule has 0 saturated heterocycles. The van der Waals surface area contributed by atoms with Crippen LogP contribution in [0.2, 0.25) is 0 Å². The Bertz CT molecular complexity index is 1390. The van der Waals surface area contributed by atoms with Crippen molar-refractivity contribution in [2.45, 2.75) is 24.3 Å². The summed E-state index contributed by atoms with van der Waals surface area (Å²) in [5, 5.41) is 22.0. The first kappa shape index (κ1) is 24.6. The number of benzene rings is 3. The van der Waals surface area contributed by atoms with Crippen LogP contribution < -0.4 is 14.8 Å². The number of halogens is 1. The summed E-state index contributed by atoms with van der Waals surface area (Å²) in [6, 6.07) is 16.8. The van der Waals surface area contributed by atoms with Crippen molar-refractivity contribution in [1.29, 1.82) is 0 Å². The van der Waals surface area contributed by atoms with E-state index in [1.807, 2.05) is 18.2 Å². The van der Waals surface area contributed by atoms with Crippen molar-refractivity contribution in [2.75, 3.05) is 24.4 Å². The molecule has 10 heteroatoms. The molecule has 3 aromatic carbocycles. The van der Waals surface area contributed by atoms with Gasteiger partial charge in [-0.25, -0.2) is 12.8 Å². The number of hydrogen-bond acceptors (Lipinski definition) is 6. The molecule has 4 rings (SSSR count). The number of aromatic amines is 1. The van der Waals surface area contributed by atoms with E-state index in [4.69, 9.17) is 4.74 Å². The summed E-state index contributed by atoms with van der Waals surface area (Å²) in [5.74, 6) is 0.200. The second-order valence-electron chi connectivity index (χ2n) is 7.99. The number of nitrogens with one attached hydrogen (secondary N) is 3. The van der Waals surface area contributed by atoms with Gasteiger partial charge in [0, 0.05) is 35.9 Å². The molecule has 0 aliphatic carbocycles. The van der Waals surface area contributed by atoms with Crippen molar-refractivity contribution >= 4 is 26.6 Å². The monoisotopic (exact) mass is 498 g/mol. The molecule has 0 bridgehead atoms. The van der Waals surface area contributed by atoms with Crippen molar-refractivity contribution in [1.82, 2.24) is 15.5 Å². The lowest BCUT2D eigenvalue weighted by molar-refractivity contribution is 0.172. The minimum Gasteiger partial charge on any atom is -0.492 e. The Balaban J connectivity index is 1.26. The average molecular weight is 499 g/mol. The summed E-state index contributed by atoms with van der Waals surface area (Å²) in [7, 11) is -3.87. The van der Waals surface area contributed by atoms with Gasteiger partial charge in [-0.05, 0) is 60.5 Å². The number of H-pyrrole nitrogens is 1. The smallest absolute Gasteiger partial charge is 0.261 e. The van der Waals surface area contributed by atoms with Crippen LogP contribution in [-0.2, 0) is 16.4 Å². The fraction of sp³-hybridized carbons (Fsp3) is 0.240. The van der Waals surface area contributed by atoms with Gasteiger partial charge in [0.05, 0.1) is 16.5 Å². The van der Waals surface area contributed by atoms with Gasteiger partial charge in [-0.1, -0.05) is 19.1 Å². The second-order valence-corrected chi connectivity index (χ2v) is 9.67. The van der Waals surface area contributed by atoms with E-state index in [-0.39, 0.29) is 11.4 Å². The molecule has 0 spiro atoms. The topological polar surface area (TPSA) is 116 Å². The molecule has 0 aliphatic rings. The highest BCUT2D eigenvalue weighted by Crippen LogP contribution is 2.23. The summed E-state index contributed by atoms with van der Waals surface area (Å²) in [5.41, 5.74) is 2.80. The van der Waals surface area contributed by atoms with Gasteiger partial charge in [0.1, 0.15) is 18.2 Å². The van der Waals surface area contributed by atoms with E-state index < -0.39 is 21.9 Å². The van der Waals surface area contributed by atoms with Crippen LogP contribution in [0.5, 0.6) is 5.75 Å². The van der Waals surface area contributed by atoms with Gasteiger partial charge in [0.15, 0.2) is 0 Å². The van der Waals surface area contributed by atoms with Crippen LogP contribution in [0.3, 0.4) is 0 Å². The van der Waals surface area contributed by atoms with Crippen LogP contribution in [0.15, 0.2) is 71.6 Å². The zero-order valence-electron chi connectivity index (χ0n) is 19.2. The van der Waals surface area contributed by atoms with Crippen molar-refractivity contribution < 1.29 is 22.7 Å². The minimum absolute atomic E-state index is 0.0521. The fourth-order valence-corrected chi connectivity index (χ4v) is 4.69. The van der Waals surface area contributed by atoms with Crippen LogP contribution in [0.4, 0.5) is 10.1 Å². The summed E-state index contributed by atoms with van der Waals surface area (Å²) in [6.07, 6.45) is 0.0320. The molecule has 0 saturated carbocycles. The molecule has 1 heterocycles. The predicted octanol–water partition coefficient (Wildman–Crippen LogP) is 3.77. The molecular weight excluding hydrogens is 471 g/mol. The van der Waals surface area contributed by atoms with Crippen molar-refractivity contribution in [3.63, 3.8) is 0 Å². The largest absolute Gasteiger partial charge is 0.492 e. The van der Waals surface area contributed by atoms with E-state index in [0.717, 1.165) is 40.9 Å². The lowest BCUT2D eigenvalue weighted by Crippen LogP contribution is -2.26. The number of sulfonamides is 1. The molecule has 4 N–H and O–H groups in total. The zero-order chi connectivity index (χ0) is 24.8. The van der Waals surface area contributed by atoms with Crippen LogP contribution in [-0.4, -0.2) is 43.4 Å². The summed E-state index contributed by atoms with van der Waals surface area (Å²) in [4.78, 5) is -0.0521. The second kappa shape index (κ2) is 10.9. The van der Waals surface area contributed by atoms with E-state index in [9.17, 15) is 17.9 Å². The molecule has 1 unspecified atom stereocenters. The van der Waals surface area contributed by atoms with Crippen molar-refractivity contribution in [2.24, 2.45) is 0 Å². The Hall–Kier alpha value is -3.47. The van der Waals surface area contributed by atoms with Crippen molar-refractivity contribution in [3.05, 3.63) is 83.8 Å². The lowest BCUT2D eigenvalue weighted by Gasteiger charge is -2.15. The van der Waals surface area contributed by atoms with Gasteiger partial charge in [-0.15, -0.1) is 0 Å². The normalized spacial score (nSPS) is 12.5. The summed E-state index contributed by atoms with van der Waals surface area (Å²) in [6.45, 7) is 3.24. The Kier molecular flexibility index (Phi) is 7.64. The van der Waals surface area contributed by atoms with Crippen molar-refractivity contribution in [3.8, 4) is 5.75 Å². The molecule has 1 aromatic heterocycles. The van der Waals surface area contributed by atoms with E-state index >= 15 is 0 Å². The van der Waals surface area contributed by atoms with Crippen LogP contribution >= 0.6 is 0 Å². The molecule has 0 radical (unpaired) electrons. The number of aromatic nitrogens is 2. The molecule has 0 amide bonds. The highest BCUT2D eigenvalue weighted by Gasteiger charge is 2.15. The fourth-order valence-electron chi connectivity index (χ4n) is 3.64. The number of anilines is 1. The van der Waals surface area contributed by atoms with Crippen LogP contribution in [0, 0.1) is 5.82 Å². The molecule has 8 nitrogen and oxygen atoms in total. The molecule has 0 aliphatic heterocycles. The predicted molar refractivity (Wildman–Crippen MR) is 132 cm³/mol. The maximum Gasteiger partial charge on any atom is 0.261 e. The third-order valence-electron chi connectivity index (χ3n) is 5.49. The molecule has 4 aromatic rings. The molecule has 1 atom stereocenters. The standard InChI is InChI=1S/C25H27FN4O4S/c1-2-23-22-11-8-20(15-24(22)29-28-23)34-13-12-27-16-25(31)17-4-3-5-19(14-17)30-35(32,33)21-9-6-18(26)7-10-21/h3-11,14-15,25,27,30-31H,2,12-13,16H2,1H3,(H,28,29). The first-order valence-corrected chi connectivity index (χ1v) is 12.7. The van der Waals surface area contributed by atoms with E-state index in [2.05, 4.69) is 27.2 Å². The Morgan fingerprint density at radius 2 is 1.91 bits per heavy atom. The molecule has 184 valence electrons. The highest BCUT2D eigenvalue weighted by atomic mass is 32.2. The van der Waals surface area contributed by atoms with Gasteiger partial charge < -0.3 is 15.2 Å². The lowest BCUT2D eigenvalue weighted by atomic mass is 10.1. The van der Waals surface area contributed by atoms with E-state index in [1.54, 1.807) is 24.3 Å². The van der Waals surface area contributed by atoms with E-state index in [1.165, 1.54) is 12.1 Å². The van der Waals surface area contributed by atoms with Gasteiger partial charge >= 0.3 is 0 Å². The highest BCUT2D eigenvalue weighted by molar-refractivity contribution is 7.92. The Labute approximate surface area is 203 Å². The SMILES string of the molecule is CCc1[nH]nc2cc(OCCNCC(O)c3cccc(NS(=O)(=O)c4ccc(F)cc4)c3)ccc12. The molecular formula is C25H27FN4O4S. The zero-order valence-corrected chi connectivity index (χ0v) is 20.0. The number of aliphatic hydroxyl groups excluding tert-OH is 1. The Morgan fingerprint density at radius 3 is 2.69 bits per heavy atom. The number of rotatable bonds is 11. The number of aliphatic hydroxyl groups is 1. The van der Waals surface area contributed by atoms with Gasteiger partial charge in [-0.2, -0.15) is 5.10 Å². The van der Waals surface area contributed by atoms with Gasteiger partial charge in [-0.3, -0.25) is 9.82 Å². The van der Waals surface area contributed by atoms with E-state index in [0.29, 0.717) is 24.4 Å². The number of aryl methyl sites for hydroxylation is 1. The Morgan fingerprint density at radius 1 is 1.11 bits per heavy atom. The maximum absolute atomic E-state index is 13.1. The first-order valence-electron chi connectivity index (χ1n) is 11.2. The van der Waals surface area contributed by atoms with Gasteiger partial charge in [0.2, 0.25) is 0 Å². The molecule has 35 heavy (non-hydrogen) atoms. The maximum atomic E-state index is 13.1. The number of fused-ring (bicyclic) bond motifs is 1. The first-order chi connectivity index (χ1) is 16.9. The third kappa shape index (κ3) is 6.16. The average Bonchev–Trinajstić information content (AvgIpc) is 3.26. The quantitative estimate of drug-likeness (QED) is 0.234. The van der Waals surface area contributed by atoms with Crippen LogP contribution in [0.1, 0.15) is 24.3 Å². The number of nitrogens with zero attached hydrogens (tertiary/aromatic N) is 1. The third-order valence-corrected chi connectivity index (χ3v) is 6.89. The number of ether oxygens (including phenoxy) is 1.